The summed E-state index contributed by atoms with van der Waals surface area (Å²) in [5, 5.41) is 3.34. The summed E-state index contributed by atoms with van der Waals surface area (Å²) in [6.45, 7) is 5.78. The van der Waals surface area contributed by atoms with Gasteiger partial charge in [-0.1, -0.05) is 0 Å². The number of hydrogen-bond acceptors (Lipinski definition) is 4. The second-order valence-corrected chi connectivity index (χ2v) is 4.46. The number of rotatable bonds is 3. The van der Waals surface area contributed by atoms with Crippen molar-refractivity contribution in [3.63, 3.8) is 0 Å². The van der Waals surface area contributed by atoms with Crippen LogP contribution in [-0.4, -0.2) is 28.4 Å². The minimum atomic E-state index is -0.265. The number of aromatic nitrogens is 2. The lowest BCUT2D eigenvalue weighted by Crippen LogP contribution is -2.74. The van der Waals surface area contributed by atoms with Crippen LogP contribution in [0.15, 0.2) is 18.2 Å². The maximum absolute atomic E-state index is 10.9. The van der Waals surface area contributed by atoms with Gasteiger partial charge >= 0.3 is 5.95 Å². The molecule has 7 nitrogen and oxygen atoms in total. The summed E-state index contributed by atoms with van der Waals surface area (Å²) in [5.41, 5.74) is 7.20. The standard InChI is InChI=1S/C14H17N5O2/c1-4-21-10-5-6-12-11(7-10)8(2)16-14(18-12)19-13(15)17-9(3)20/h5-7H,4H2,1-3H3,(H3,15,16,17,18,19,20)/p+1. The highest BCUT2D eigenvalue weighted by Gasteiger charge is 2.11. The molecule has 0 saturated carbocycles. The molecule has 1 heterocycles. The number of nitrogens with zero attached hydrogens (tertiary/aromatic N) is 2. The lowest BCUT2D eigenvalue weighted by atomic mass is 10.2. The largest absolute Gasteiger partial charge is 0.494 e. The Morgan fingerprint density at radius 3 is 2.86 bits per heavy atom. The summed E-state index contributed by atoms with van der Waals surface area (Å²) in [5.74, 6) is 0.934. The van der Waals surface area contributed by atoms with Crippen molar-refractivity contribution in [1.29, 1.82) is 0 Å². The van der Waals surface area contributed by atoms with Gasteiger partial charge in [0.2, 0.25) is 0 Å². The zero-order valence-electron chi connectivity index (χ0n) is 12.2. The quantitative estimate of drug-likeness (QED) is 0.522. The first kappa shape index (κ1) is 14.7. The van der Waals surface area contributed by atoms with Crippen molar-refractivity contribution in [2.75, 3.05) is 6.61 Å². The smallest absolute Gasteiger partial charge is 0.354 e. The molecule has 0 aliphatic heterocycles. The molecule has 0 fully saturated rings. The average molecular weight is 288 g/mol. The molecule has 7 heteroatoms. The molecule has 1 amide bonds. The van der Waals surface area contributed by atoms with Gasteiger partial charge in [-0.05, 0) is 32.0 Å². The number of aryl methyl sites for hydroxylation is 1. The Morgan fingerprint density at radius 1 is 1.43 bits per heavy atom. The molecule has 0 saturated heterocycles. The fourth-order valence-corrected chi connectivity index (χ4v) is 1.91. The van der Waals surface area contributed by atoms with E-state index in [0.29, 0.717) is 12.6 Å². The van der Waals surface area contributed by atoms with Gasteiger partial charge in [-0.2, -0.15) is 0 Å². The first-order chi connectivity index (χ1) is 9.99. The Labute approximate surface area is 122 Å². The van der Waals surface area contributed by atoms with Crippen molar-refractivity contribution in [3.05, 3.63) is 23.9 Å². The molecule has 110 valence electrons. The Balaban J connectivity index is 2.41. The Bertz CT molecular complexity index is 712. The van der Waals surface area contributed by atoms with E-state index in [1.54, 1.807) is 0 Å². The number of hydrogen-bond donors (Lipinski definition) is 3. The van der Waals surface area contributed by atoms with Gasteiger partial charge in [-0.15, -0.1) is 9.97 Å². The van der Waals surface area contributed by atoms with Gasteiger partial charge in [0.25, 0.3) is 11.9 Å². The first-order valence-corrected chi connectivity index (χ1v) is 6.58. The predicted octanol–water partition coefficient (Wildman–Crippen LogP) is -0.500. The molecule has 1 aromatic carbocycles. The van der Waals surface area contributed by atoms with Crippen LogP contribution in [0.4, 0.5) is 5.95 Å². The van der Waals surface area contributed by atoms with Crippen LogP contribution in [0.5, 0.6) is 5.75 Å². The Kier molecular flexibility index (Phi) is 4.32. The van der Waals surface area contributed by atoms with Crippen molar-refractivity contribution in [3.8, 4) is 5.75 Å². The highest BCUT2D eigenvalue weighted by atomic mass is 16.5. The van der Waals surface area contributed by atoms with Gasteiger partial charge in [-0.3, -0.25) is 4.79 Å². The fourth-order valence-electron chi connectivity index (χ4n) is 1.91. The highest BCUT2D eigenvalue weighted by Crippen LogP contribution is 2.21. The normalized spacial score (nSPS) is 11.5. The molecule has 4 N–H and O–H groups in total. The number of ether oxygens (including phenoxy) is 1. The molecule has 0 radical (unpaired) electrons. The van der Waals surface area contributed by atoms with E-state index in [1.165, 1.54) is 6.92 Å². The van der Waals surface area contributed by atoms with Crippen LogP contribution in [0.2, 0.25) is 0 Å². The van der Waals surface area contributed by atoms with Gasteiger partial charge in [0.1, 0.15) is 11.3 Å². The van der Waals surface area contributed by atoms with E-state index in [1.807, 2.05) is 32.0 Å². The zero-order chi connectivity index (χ0) is 15.4. The third-order valence-electron chi connectivity index (χ3n) is 2.73. The van der Waals surface area contributed by atoms with Crippen molar-refractivity contribution in [1.82, 2.24) is 15.3 Å². The molecular weight excluding hydrogens is 270 g/mol. The van der Waals surface area contributed by atoms with Gasteiger partial charge < -0.3 is 10.5 Å². The minimum absolute atomic E-state index is 0.0900. The van der Waals surface area contributed by atoms with Gasteiger partial charge in [0.05, 0.1) is 12.3 Å². The van der Waals surface area contributed by atoms with E-state index >= 15 is 0 Å². The number of amides is 1. The van der Waals surface area contributed by atoms with Crippen LogP contribution in [-0.2, 0) is 4.79 Å². The van der Waals surface area contributed by atoms with Crippen molar-refractivity contribution < 1.29 is 14.5 Å². The van der Waals surface area contributed by atoms with Gasteiger partial charge in [0.15, 0.2) is 0 Å². The van der Waals surface area contributed by atoms with Crippen LogP contribution < -0.4 is 20.8 Å². The summed E-state index contributed by atoms with van der Waals surface area (Å²) in [7, 11) is 0. The van der Waals surface area contributed by atoms with E-state index in [2.05, 4.69) is 20.3 Å². The highest BCUT2D eigenvalue weighted by molar-refractivity contribution is 5.92. The van der Waals surface area contributed by atoms with Crippen LogP contribution in [0.1, 0.15) is 19.5 Å². The van der Waals surface area contributed by atoms with E-state index in [4.69, 9.17) is 10.5 Å². The third-order valence-corrected chi connectivity index (χ3v) is 2.73. The van der Waals surface area contributed by atoms with E-state index in [-0.39, 0.29) is 11.9 Å². The predicted molar refractivity (Wildman–Crippen MR) is 79.1 cm³/mol. The molecule has 1 aromatic heterocycles. The number of carbonyl (C=O) groups is 1. The van der Waals surface area contributed by atoms with Crippen molar-refractivity contribution in [2.45, 2.75) is 20.8 Å². The Morgan fingerprint density at radius 2 is 2.19 bits per heavy atom. The molecule has 0 unspecified atom stereocenters. The summed E-state index contributed by atoms with van der Waals surface area (Å²) < 4.78 is 5.46. The van der Waals surface area contributed by atoms with E-state index in [0.717, 1.165) is 22.3 Å². The summed E-state index contributed by atoms with van der Waals surface area (Å²) in [6.07, 6.45) is 0. The number of benzene rings is 1. The minimum Gasteiger partial charge on any atom is -0.494 e. The second-order valence-electron chi connectivity index (χ2n) is 4.46. The molecular formula is C14H18N5O2+. The van der Waals surface area contributed by atoms with Crippen LogP contribution >= 0.6 is 0 Å². The van der Waals surface area contributed by atoms with Gasteiger partial charge in [-0.25, -0.2) is 10.3 Å². The zero-order valence-corrected chi connectivity index (χ0v) is 12.2. The molecule has 0 atom stereocenters. The molecule has 0 aliphatic rings. The number of nitrogens with one attached hydrogen (secondary N) is 2. The Hall–Kier alpha value is -2.70. The van der Waals surface area contributed by atoms with E-state index in [9.17, 15) is 4.79 Å². The lowest BCUT2D eigenvalue weighted by molar-refractivity contribution is -0.367. The SMILES string of the molecule is CCOc1ccc2nc([NH+]=C(N)NC(C)=O)nc(C)c2c1. The van der Waals surface area contributed by atoms with E-state index < -0.39 is 0 Å². The monoisotopic (exact) mass is 288 g/mol. The lowest BCUT2D eigenvalue weighted by Gasteiger charge is -2.04. The van der Waals surface area contributed by atoms with Crippen LogP contribution in [0.25, 0.3) is 10.9 Å². The topological polar surface area (TPSA) is 104 Å². The third kappa shape index (κ3) is 3.65. The van der Waals surface area contributed by atoms with Crippen LogP contribution in [0.3, 0.4) is 0 Å². The number of nitrogens with two attached hydrogens (primary N) is 1. The molecule has 0 bridgehead atoms. The van der Waals surface area contributed by atoms with Crippen LogP contribution in [0, 0.1) is 6.92 Å². The van der Waals surface area contributed by atoms with Crippen molar-refractivity contribution >= 4 is 28.7 Å². The second kappa shape index (κ2) is 6.17. The van der Waals surface area contributed by atoms with Gasteiger partial charge in [0, 0.05) is 12.3 Å². The maximum Gasteiger partial charge on any atom is 0.354 e. The molecule has 21 heavy (non-hydrogen) atoms. The number of guanidine groups is 1. The summed E-state index contributed by atoms with van der Waals surface area (Å²) in [4.78, 5) is 22.3. The first-order valence-electron chi connectivity index (χ1n) is 6.58. The number of carbonyl (C=O) groups excluding carboxylic acids is 1. The molecule has 0 aliphatic carbocycles. The maximum atomic E-state index is 10.9. The molecule has 2 rings (SSSR count). The fraction of sp³-hybridized carbons (Fsp3) is 0.286. The average Bonchev–Trinajstić information content (AvgIpc) is 2.38. The van der Waals surface area contributed by atoms with Crippen molar-refractivity contribution in [2.24, 2.45) is 5.73 Å². The molecule has 0 spiro atoms. The summed E-state index contributed by atoms with van der Waals surface area (Å²) in [6, 6.07) is 5.61. The number of fused-ring (bicyclic) bond motifs is 1. The molecule has 2 aromatic rings. The summed E-state index contributed by atoms with van der Waals surface area (Å²) >= 11 is 0.